The number of thiazole rings is 1. The summed E-state index contributed by atoms with van der Waals surface area (Å²) in [4.78, 5) is 4.36. The van der Waals surface area contributed by atoms with E-state index in [1.807, 2.05) is 12.3 Å². The van der Waals surface area contributed by atoms with Crippen molar-refractivity contribution in [1.82, 2.24) is 4.98 Å². The molecule has 0 aliphatic rings. The first-order valence-electron chi connectivity index (χ1n) is 4.85. The number of nitrogens with zero attached hydrogens (tertiary/aromatic N) is 1. The maximum Gasteiger partial charge on any atom is 0.183 e. The van der Waals surface area contributed by atoms with Gasteiger partial charge in [-0.2, -0.15) is 0 Å². The second kappa shape index (κ2) is 4.80. The van der Waals surface area contributed by atoms with Gasteiger partial charge in [-0.3, -0.25) is 0 Å². The molecule has 16 heavy (non-hydrogen) atoms. The van der Waals surface area contributed by atoms with Crippen molar-refractivity contribution in [2.75, 3.05) is 11.9 Å². The van der Waals surface area contributed by atoms with Crippen LogP contribution in [0, 0.1) is 5.82 Å². The predicted octanol–water partition coefficient (Wildman–Crippen LogP) is 4.03. The van der Waals surface area contributed by atoms with Crippen molar-refractivity contribution in [3.05, 3.63) is 34.4 Å². The molecule has 5 heteroatoms. The highest BCUT2D eigenvalue weighted by Crippen LogP contribution is 2.30. The van der Waals surface area contributed by atoms with Crippen LogP contribution in [0.1, 0.15) is 6.92 Å². The Morgan fingerprint density at radius 2 is 2.31 bits per heavy atom. The highest BCUT2D eigenvalue weighted by Gasteiger charge is 2.08. The normalized spacial score (nSPS) is 10.4. The molecular weight excluding hydrogens is 247 g/mol. The van der Waals surface area contributed by atoms with Crippen LogP contribution < -0.4 is 5.32 Å². The first-order chi connectivity index (χ1) is 7.70. The summed E-state index contributed by atoms with van der Waals surface area (Å²) >= 11 is 7.46. The van der Waals surface area contributed by atoms with Gasteiger partial charge in [0.1, 0.15) is 5.82 Å². The number of benzene rings is 1. The Hall–Kier alpha value is -1.13. The third-order valence-corrected chi connectivity index (χ3v) is 3.15. The summed E-state index contributed by atoms with van der Waals surface area (Å²) in [5.41, 5.74) is 1.52. The SMILES string of the molecule is CCNc1nc(-c2ccc(F)cc2Cl)cs1. The third kappa shape index (κ3) is 2.33. The summed E-state index contributed by atoms with van der Waals surface area (Å²) in [6.45, 7) is 2.83. The summed E-state index contributed by atoms with van der Waals surface area (Å²) < 4.78 is 12.9. The van der Waals surface area contributed by atoms with Crippen molar-refractivity contribution in [2.45, 2.75) is 6.92 Å². The smallest absolute Gasteiger partial charge is 0.183 e. The molecule has 2 aromatic rings. The van der Waals surface area contributed by atoms with Crippen LogP contribution in [0.5, 0.6) is 0 Å². The van der Waals surface area contributed by atoms with Crippen LogP contribution >= 0.6 is 22.9 Å². The number of aromatic nitrogens is 1. The molecule has 0 unspecified atom stereocenters. The summed E-state index contributed by atoms with van der Waals surface area (Å²) in [6, 6.07) is 4.32. The van der Waals surface area contributed by atoms with E-state index in [1.165, 1.54) is 23.5 Å². The summed E-state index contributed by atoms with van der Waals surface area (Å²) in [5, 5.41) is 6.25. The van der Waals surface area contributed by atoms with E-state index in [9.17, 15) is 4.39 Å². The van der Waals surface area contributed by atoms with Gasteiger partial charge in [0, 0.05) is 17.5 Å². The standard InChI is InChI=1S/C11H10ClFN2S/c1-2-14-11-15-10(6-16-11)8-4-3-7(13)5-9(8)12/h3-6H,2H2,1H3,(H,14,15). The number of halogens is 2. The lowest BCUT2D eigenvalue weighted by Crippen LogP contribution is -1.95. The highest BCUT2D eigenvalue weighted by atomic mass is 35.5. The zero-order chi connectivity index (χ0) is 11.5. The van der Waals surface area contributed by atoms with E-state index in [2.05, 4.69) is 10.3 Å². The molecule has 0 saturated carbocycles. The van der Waals surface area contributed by atoms with E-state index in [0.717, 1.165) is 22.9 Å². The molecule has 2 rings (SSSR count). The maximum atomic E-state index is 12.9. The van der Waals surface area contributed by atoms with E-state index in [0.29, 0.717) is 5.02 Å². The second-order valence-electron chi connectivity index (χ2n) is 3.19. The van der Waals surface area contributed by atoms with Crippen LogP contribution in [0.25, 0.3) is 11.3 Å². The van der Waals surface area contributed by atoms with Crippen LogP contribution in [0.2, 0.25) is 5.02 Å². The van der Waals surface area contributed by atoms with Gasteiger partial charge in [-0.25, -0.2) is 9.37 Å². The van der Waals surface area contributed by atoms with E-state index in [1.54, 1.807) is 6.07 Å². The first-order valence-corrected chi connectivity index (χ1v) is 6.11. The van der Waals surface area contributed by atoms with Gasteiger partial charge in [-0.15, -0.1) is 11.3 Å². The van der Waals surface area contributed by atoms with Gasteiger partial charge in [-0.05, 0) is 25.1 Å². The molecule has 0 aliphatic heterocycles. The molecule has 0 spiro atoms. The lowest BCUT2D eigenvalue weighted by atomic mass is 10.2. The average molecular weight is 257 g/mol. The van der Waals surface area contributed by atoms with E-state index in [4.69, 9.17) is 11.6 Å². The van der Waals surface area contributed by atoms with E-state index < -0.39 is 0 Å². The van der Waals surface area contributed by atoms with Gasteiger partial charge in [0.25, 0.3) is 0 Å². The minimum atomic E-state index is -0.337. The Morgan fingerprint density at radius 1 is 1.50 bits per heavy atom. The topological polar surface area (TPSA) is 24.9 Å². The molecule has 1 aromatic heterocycles. The van der Waals surface area contributed by atoms with Crippen molar-refractivity contribution in [3.8, 4) is 11.3 Å². The third-order valence-electron chi connectivity index (χ3n) is 2.04. The molecule has 1 heterocycles. The molecule has 0 saturated heterocycles. The number of rotatable bonds is 3. The molecule has 0 radical (unpaired) electrons. The number of anilines is 1. The molecule has 84 valence electrons. The summed E-state index contributed by atoms with van der Waals surface area (Å²) in [7, 11) is 0. The summed E-state index contributed by atoms with van der Waals surface area (Å²) in [5.74, 6) is -0.337. The fourth-order valence-corrected chi connectivity index (χ4v) is 2.37. The molecule has 1 N–H and O–H groups in total. The minimum absolute atomic E-state index is 0.337. The fourth-order valence-electron chi connectivity index (χ4n) is 1.33. The molecule has 2 nitrogen and oxygen atoms in total. The Morgan fingerprint density at radius 3 is 3.00 bits per heavy atom. The molecule has 0 amide bonds. The first kappa shape index (κ1) is 11.4. The molecule has 0 bridgehead atoms. The largest absolute Gasteiger partial charge is 0.362 e. The maximum absolute atomic E-state index is 12.9. The quantitative estimate of drug-likeness (QED) is 0.897. The van der Waals surface area contributed by atoms with Crippen LogP contribution in [0.4, 0.5) is 9.52 Å². The van der Waals surface area contributed by atoms with Crippen LogP contribution in [0.15, 0.2) is 23.6 Å². The lowest BCUT2D eigenvalue weighted by Gasteiger charge is -2.00. The lowest BCUT2D eigenvalue weighted by molar-refractivity contribution is 0.628. The van der Waals surface area contributed by atoms with Crippen molar-refractivity contribution >= 4 is 28.1 Å². The highest BCUT2D eigenvalue weighted by molar-refractivity contribution is 7.14. The van der Waals surface area contributed by atoms with Gasteiger partial charge in [-0.1, -0.05) is 11.6 Å². The summed E-state index contributed by atoms with van der Waals surface area (Å²) in [6.07, 6.45) is 0. The van der Waals surface area contributed by atoms with Crippen molar-refractivity contribution < 1.29 is 4.39 Å². The molecule has 1 aromatic carbocycles. The zero-order valence-electron chi connectivity index (χ0n) is 8.63. The fraction of sp³-hybridized carbons (Fsp3) is 0.182. The Kier molecular flexibility index (Phi) is 3.41. The molecule has 0 aliphatic carbocycles. The Labute approximate surface area is 102 Å². The van der Waals surface area contributed by atoms with Crippen molar-refractivity contribution in [3.63, 3.8) is 0 Å². The molecule has 0 atom stereocenters. The number of nitrogens with one attached hydrogen (secondary N) is 1. The van der Waals surface area contributed by atoms with Gasteiger partial charge in [0.15, 0.2) is 5.13 Å². The van der Waals surface area contributed by atoms with Crippen LogP contribution in [-0.2, 0) is 0 Å². The zero-order valence-corrected chi connectivity index (χ0v) is 10.2. The average Bonchev–Trinajstić information content (AvgIpc) is 2.67. The minimum Gasteiger partial charge on any atom is -0.362 e. The Bertz CT molecular complexity index is 498. The second-order valence-corrected chi connectivity index (χ2v) is 4.46. The number of hydrogen-bond donors (Lipinski definition) is 1. The van der Waals surface area contributed by atoms with Gasteiger partial charge in [0.2, 0.25) is 0 Å². The van der Waals surface area contributed by atoms with Crippen LogP contribution in [0.3, 0.4) is 0 Å². The molecule has 0 fully saturated rings. The number of hydrogen-bond acceptors (Lipinski definition) is 3. The van der Waals surface area contributed by atoms with Crippen molar-refractivity contribution in [2.24, 2.45) is 0 Å². The predicted molar refractivity (Wildman–Crippen MR) is 66.7 cm³/mol. The van der Waals surface area contributed by atoms with E-state index in [-0.39, 0.29) is 5.82 Å². The molecular formula is C11H10ClFN2S. The monoisotopic (exact) mass is 256 g/mol. The van der Waals surface area contributed by atoms with Gasteiger partial charge < -0.3 is 5.32 Å². The van der Waals surface area contributed by atoms with E-state index >= 15 is 0 Å². The van der Waals surface area contributed by atoms with Gasteiger partial charge in [0.05, 0.1) is 10.7 Å². The Balaban J connectivity index is 2.35. The van der Waals surface area contributed by atoms with Crippen molar-refractivity contribution in [1.29, 1.82) is 0 Å². The van der Waals surface area contributed by atoms with Gasteiger partial charge >= 0.3 is 0 Å². The van der Waals surface area contributed by atoms with Crippen LogP contribution in [-0.4, -0.2) is 11.5 Å².